The highest BCUT2D eigenvalue weighted by molar-refractivity contribution is 8.00. The quantitative estimate of drug-likeness (QED) is 0.293. The van der Waals surface area contributed by atoms with E-state index in [0.717, 1.165) is 16.9 Å². The van der Waals surface area contributed by atoms with Crippen LogP contribution >= 0.6 is 23.1 Å². The lowest BCUT2D eigenvalue weighted by Crippen LogP contribution is -2.32. The van der Waals surface area contributed by atoms with Gasteiger partial charge in [0.1, 0.15) is 11.1 Å². The van der Waals surface area contributed by atoms with Gasteiger partial charge in [-0.05, 0) is 61.0 Å². The Bertz CT molecular complexity index is 1750. The number of hydrogen-bond donors (Lipinski definition) is 2. The fraction of sp³-hybridized carbons (Fsp3) is 0.200. The first-order valence-corrected chi connectivity index (χ1v) is 14.6. The summed E-state index contributed by atoms with van der Waals surface area (Å²) in [5.74, 6) is -2.28. The smallest absolute Gasteiger partial charge is 0.305 e. The molecule has 3 unspecified atom stereocenters. The number of carbonyl (C=O) groups is 3. The molecule has 4 aromatic rings. The number of benzene rings is 3. The lowest BCUT2D eigenvalue weighted by Gasteiger charge is -2.30. The Balaban J connectivity index is 1.29. The van der Waals surface area contributed by atoms with Crippen LogP contribution in [-0.4, -0.2) is 41.7 Å². The fourth-order valence-corrected chi connectivity index (χ4v) is 7.71. The summed E-state index contributed by atoms with van der Waals surface area (Å²) in [5.41, 5.74) is 2.59. The molecule has 6 rings (SSSR count). The van der Waals surface area contributed by atoms with E-state index in [4.69, 9.17) is 9.47 Å². The molecule has 2 aliphatic heterocycles. The van der Waals surface area contributed by atoms with Crippen LogP contribution in [0.5, 0.6) is 11.5 Å². The molecule has 42 heavy (non-hydrogen) atoms. The Morgan fingerprint density at radius 1 is 1.00 bits per heavy atom. The second kappa shape index (κ2) is 11.1. The second-order valence-electron chi connectivity index (χ2n) is 9.85. The largest absolute Gasteiger partial charge is 0.493 e. The van der Waals surface area contributed by atoms with Crippen LogP contribution in [0.3, 0.4) is 0 Å². The molecule has 3 heterocycles. The minimum Gasteiger partial charge on any atom is -0.493 e. The highest BCUT2D eigenvalue weighted by Gasteiger charge is 2.56. The first-order valence-electron chi connectivity index (χ1n) is 12.9. The average Bonchev–Trinajstić information content (AvgIpc) is 3.47. The van der Waals surface area contributed by atoms with Gasteiger partial charge in [-0.25, -0.2) is 9.29 Å². The SMILES string of the molecule is COc1cc(C2c3sc(=O)[nH]c3SC3C(=O)N(c4ccc(C)cc4)C(=O)C32)ccc1OCC(=O)Nc1ccc(F)cc1. The molecule has 0 bridgehead atoms. The maximum Gasteiger partial charge on any atom is 0.305 e. The van der Waals surface area contributed by atoms with E-state index in [1.54, 1.807) is 30.3 Å². The van der Waals surface area contributed by atoms with Gasteiger partial charge in [-0.15, -0.1) is 0 Å². The van der Waals surface area contributed by atoms with Crippen LogP contribution in [-0.2, 0) is 14.4 Å². The summed E-state index contributed by atoms with van der Waals surface area (Å²) < 4.78 is 24.4. The zero-order chi connectivity index (χ0) is 29.5. The zero-order valence-electron chi connectivity index (χ0n) is 22.4. The van der Waals surface area contributed by atoms with Gasteiger partial charge in [0, 0.05) is 16.5 Å². The summed E-state index contributed by atoms with van der Waals surface area (Å²) in [6.45, 7) is 1.59. The number of aromatic nitrogens is 1. The van der Waals surface area contributed by atoms with Gasteiger partial charge in [-0.3, -0.25) is 19.2 Å². The maximum atomic E-state index is 13.9. The van der Waals surface area contributed by atoms with Crippen molar-refractivity contribution in [3.63, 3.8) is 0 Å². The highest BCUT2D eigenvalue weighted by atomic mass is 32.2. The second-order valence-corrected chi connectivity index (χ2v) is 12.0. The topological polar surface area (TPSA) is 118 Å². The van der Waals surface area contributed by atoms with Crippen LogP contribution < -0.4 is 24.6 Å². The Morgan fingerprint density at radius 3 is 2.45 bits per heavy atom. The minimum atomic E-state index is -0.749. The number of thiazole rings is 1. The van der Waals surface area contributed by atoms with Gasteiger partial charge in [-0.2, -0.15) is 0 Å². The van der Waals surface area contributed by atoms with Crippen molar-refractivity contribution in [2.24, 2.45) is 5.92 Å². The standard InChI is InChI=1S/C30H24FN3O6S2/c1-15-3-10-19(11-4-15)34-28(36)24-23(25-27(33-30(38)42-25)41-26(24)29(34)37)16-5-12-20(21(13-16)39-2)40-14-22(35)32-18-8-6-17(31)7-9-18/h3-13,23-24,26H,14H2,1-2H3,(H,32,35)(H,33,38). The predicted molar refractivity (Wildman–Crippen MR) is 157 cm³/mol. The number of aryl methyl sites for hydroxylation is 1. The number of anilines is 2. The van der Waals surface area contributed by atoms with E-state index >= 15 is 0 Å². The average molecular weight is 606 g/mol. The van der Waals surface area contributed by atoms with Crippen molar-refractivity contribution in [3.05, 3.63) is 98.2 Å². The molecular weight excluding hydrogens is 581 g/mol. The molecule has 0 saturated carbocycles. The summed E-state index contributed by atoms with van der Waals surface area (Å²) in [4.78, 5) is 56.7. The predicted octanol–water partition coefficient (Wildman–Crippen LogP) is 4.71. The number of amides is 3. The molecule has 0 aliphatic carbocycles. The summed E-state index contributed by atoms with van der Waals surface area (Å²) in [5, 5.41) is 2.47. The van der Waals surface area contributed by atoms with Crippen molar-refractivity contribution in [1.82, 2.24) is 4.98 Å². The summed E-state index contributed by atoms with van der Waals surface area (Å²) >= 11 is 2.22. The third kappa shape index (κ3) is 5.07. The van der Waals surface area contributed by atoms with E-state index in [2.05, 4.69) is 10.3 Å². The van der Waals surface area contributed by atoms with Crippen molar-refractivity contribution >= 4 is 52.2 Å². The van der Waals surface area contributed by atoms with E-state index in [1.807, 2.05) is 19.1 Å². The highest BCUT2D eigenvalue weighted by Crippen LogP contribution is 2.53. The van der Waals surface area contributed by atoms with Crippen molar-refractivity contribution in [3.8, 4) is 11.5 Å². The molecule has 9 nitrogen and oxygen atoms in total. The summed E-state index contributed by atoms with van der Waals surface area (Å²) in [7, 11) is 1.45. The van der Waals surface area contributed by atoms with E-state index in [-0.39, 0.29) is 29.0 Å². The van der Waals surface area contributed by atoms with Crippen LogP contribution in [0.1, 0.15) is 21.9 Å². The van der Waals surface area contributed by atoms with Gasteiger partial charge in [0.2, 0.25) is 11.8 Å². The molecule has 0 radical (unpaired) electrons. The lowest BCUT2D eigenvalue weighted by molar-refractivity contribution is -0.122. The van der Waals surface area contributed by atoms with Gasteiger partial charge < -0.3 is 19.8 Å². The van der Waals surface area contributed by atoms with Crippen LogP contribution in [0.2, 0.25) is 0 Å². The molecule has 2 N–H and O–H groups in total. The number of nitrogens with one attached hydrogen (secondary N) is 2. The van der Waals surface area contributed by atoms with Crippen LogP contribution in [0.25, 0.3) is 0 Å². The fourth-order valence-electron chi connectivity index (χ4n) is 5.19. The monoisotopic (exact) mass is 605 g/mol. The lowest BCUT2D eigenvalue weighted by atomic mass is 9.83. The summed E-state index contributed by atoms with van der Waals surface area (Å²) in [6.07, 6.45) is 0. The molecule has 3 aromatic carbocycles. The molecule has 1 saturated heterocycles. The van der Waals surface area contributed by atoms with Crippen molar-refractivity contribution < 1.29 is 28.2 Å². The van der Waals surface area contributed by atoms with Crippen molar-refractivity contribution in [2.45, 2.75) is 23.1 Å². The Kier molecular flexibility index (Phi) is 7.33. The number of nitrogens with zero attached hydrogens (tertiary/aromatic N) is 1. The molecular formula is C30H24FN3O6S2. The molecule has 1 fully saturated rings. The number of thioether (sulfide) groups is 1. The van der Waals surface area contributed by atoms with Gasteiger partial charge in [0.15, 0.2) is 18.1 Å². The zero-order valence-corrected chi connectivity index (χ0v) is 24.0. The van der Waals surface area contributed by atoms with Crippen LogP contribution in [0, 0.1) is 18.7 Å². The minimum absolute atomic E-state index is 0.271. The number of H-pyrrole nitrogens is 1. The molecule has 0 spiro atoms. The van der Waals surface area contributed by atoms with E-state index in [0.29, 0.717) is 32.6 Å². The van der Waals surface area contributed by atoms with Gasteiger partial charge in [0.25, 0.3) is 5.91 Å². The van der Waals surface area contributed by atoms with E-state index in [1.165, 1.54) is 48.0 Å². The number of fused-ring (bicyclic) bond motifs is 2. The van der Waals surface area contributed by atoms with E-state index in [9.17, 15) is 23.6 Å². The number of halogens is 1. The summed E-state index contributed by atoms with van der Waals surface area (Å²) in [6, 6.07) is 17.6. The number of hydrogen-bond acceptors (Lipinski definition) is 8. The third-order valence-corrected chi connectivity index (χ3v) is 9.55. The number of rotatable bonds is 7. The normalized spacial score (nSPS) is 19.3. The van der Waals surface area contributed by atoms with Crippen molar-refractivity contribution in [2.75, 3.05) is 23.9 Å². The molecule has 1 aromatic heterocycles. The Morgan fingerprint density at radius 2 is 1.74 bits per heavy atom. The van der Waals surface area contributed by atoms with Gasteiger partial charge in [0.05, 0.1) is 23.7 Å². The first-order chi connectivity index (χ1) is 20.2. The number of imide groups is 1. The molecule has 3 atom stereocenters. The number of methoxy groups -OCH3 is 1. The van der Waals surface area contributed by atoms with Gasteiger partial charge in [-0.1, -0.05) is 46.9 Å². The maximum absolute atomic E-state index is 13.9. The molecule has 2 aliphatic rings. The van der Waals surface area contributed by atoms with Gasteiger partial charge >= 0.3 is 4.87 Å². The van der Waals surface area contributed by atoms with E-state index < -0.39 is 28.8 Å². The number of carbonyl (C=O) groups excluding carboxylic acids is 3. The van der Waals surface area contributed by atoms with Crippen LogP contribution in [0.4, 0.5) is 15.8 Å². The third-order valence-electron chi connectivity index (χ3n) is 7.15. The first kappa shape index (κ1) is 27.7. The number of aromatic amines is 1. The Labute approximate surface area is 247 Å². The molecule has 214 valence electrons. The molecule has 3 amide bonds. The Hall–Kier alpha value is -4.42. The molecule has 12 heteroatoms. The van der Waals surface area contributed by atoms with Crippen LogP contribution in [0.15, 0.2) is 76.6 Å². The number of ether oxygens (including phenoxy) is 2. The van der Waals surface area contributed by atoms with Crippen molar-refractivity contribution in [1.29, 1.82) is 0 Å².